The number of ether oxygens (including phenoxy) is 1. The summed E-state index contributed by atoms with van der Waals surface area (Å²) in [6, 6.07) is 14.6. The van der Waals surface area contributed by atoms with Gasteiger partial charge in [0.25, 0.3) is 0 Å². The molecule has 0 aliphatic rings. The van der Waals surface area contributed by atoms with E-state index < -0.39 is 0 Å². The third-order valence-corrected chi connectivity index (χ3v) is 3.35. The van der Waals surface area contributed by atoms with Crippen molar-refractivity contribution in [3.63, 3.8) is 0 Å². The molecular weight excluding hydrogens is 264 g/mol. The van der Waals surface area contributed by atoms with Gasteiger partial charge in [-0.3, -0.25) is 4.79 Å². The summed E-state index contributed by atoms with van der Waals surface area (Å²) in [5, 5.41) is 8.64. The van der Waals surface area contributed by atoms with Gasteiger partial charge in [0.05, 0.1) is 6.61 Å². The molecule has 0 saturated carbocycles. The van der Waals surface area contributed by atoms with E-state index in [-0.39, 0.29) is 5.91 Å². The summed E-state index contributed by atoms with van der Waals surface area (Å²) in [6.07, 6.45) is 0.481. The monoisotopic (exact) mass is 286 g/mol. The van der Waals surface area contributed by atoms with Gasteiger partial charge in [0.1, 0.15) is 0 Å². The molecule has 4 nitrogen and oxygen atoms in total. The van der Waals surface area contributed by atoms with E-state index in [1.807, 2.05) is 6.07 Å². The smallest absolute Gasteiger partial charge is 0.221 e. The van der Waals surface area contributed by atoms with Crippen LogP contribution in [0.4, 0.5) is 0 Å². The van der Waals surface area contributed by atoms with Crippen LogP contribution in [0.15, 0.2) is 42.5 Å². The highest BCUT2D eigenvalue weighted by molar-refractivity contribution is 5.85. The second-order valence-electron chi connectivity index (χ2n) is 4.91. The van der Waals surface area contributed by atoms with Crippen molar-refractivity contribution in [3.8, 4) is 0 Å². The number of amides is 1. The molecule has 0 unspecified atom stereocenters. The second-order valence-corrected chi connectivity index (χ2v) is 4.91. The molecule has 4 heteroatoms. The van der Waals surface area contributed by atoms with Crippen molar-refractivity contribution in [2.45, 2.75) is 13.0 Å². The number of methoxy groups -OCH3 is 1. The number of hydrogen-bond acceptors (Lipinski definition) is 3. The molecule has 0 bridgehead atoms. The second kappa shape index (κ2) is 8.39. The van der Waals surface area contributed by atoms with Gasteiger partial charge in [-0.25, -0.2) is 0 Å². The lowest BCUT2D eigenvalue weighted by Crippen LogP contribution is -2.29. The number of carbonyl (C=O) groups is 1. The molecule has 1 amide bonds. The largest absolute Gasteiger partial charge is 0.383 e. The van der Waals surface area contributed by atoms with Crippen LogP contribution in [0.25, 0.3) is 10.8 Å². The minimum absolute atomic E-state index is 0.0532. The fourth-order valence-electron chi connectivity index (χ4n) is 2.25. The summed E-state index contributed by atoms with van der Waals surface area (Å²) in [4.78, 5) is 11.5. The van der Waals surface area contributed by atoms with E-state index >= 15 is 0 Å². The van der Waals surface area contributed by atoms with Gasteiger partial charge in [-0.2, -0.15) is 0 Å². The van der Waals surface area contributed by atoms with Gasteiger partial charge in [-0.1, -0.05) is 42.5 Å². The van der Waals surface area contributed by atoms with Crippen molar-refractivity contribution in [2.24, 2.45) is 0 Å². The van der Waals surface area contributed by atoms with E-state index in [1.54, 1.807) is 7.11 Å². The number of nitrogens with one attached hydrogen (secondary N) is 2. The molecule has 2 rings (SSSR count). The zero-order valence-corrected chi connectivity index (χ0v) is 12.4. The first-order chi connectivity index (χ1) is 10.3. The molecular formula is C17H22N2O2. The van der Waals surface area contributed by atoms with Gasteiger partial charge in [-0.05, 0) is 16.3 Å². The molecule has 0 radical (unpaired) electrons. The third-order valence-electron chi connectivity index (χ3n) is 3.35. The van der Waals surface area contributed by atoms with Crippen LogP contribution in [0, 0.1) is 0 Å². The standard InChI is InChI=1S/C17H22N2O2/c1-21-12-11-19-17(20)9-10-18-13-15-7-4-6-14-5-2-3-8-16(14)15/h2-8,18H,9-13H2,1H3,(H,19,20). The van der Waals surface area contributed by atoms with Crippen LogP contribution in [-0.2, 0) is 16.1 Å². The van der Waals surface area contributed by atoms with E-state index in [0.717, 1.165) is 6.54 Å². The molecule has 21 heavy (non-hydrogen) atoms. The van der Waals surface area contributed by atoms with E-state index in [2.05, 4.69) is 47.0 Å². The molecule has 0 aliphatic carbocycles. The Bertz CT molecular complexity index is 579. The van der Waals surface area contributed by atoms with E-state index in [0.29, 0.717) is 26.1 Å². The Morgan fingerprint density at radius 3 is 2.76 bits per heavy atom. The number of fused-ring (bicyclic) bond motifs is 1. The molecule has 112 valence electrons. The maximum Gasteiger partial charge on any atom is 0.221 e. The third kappa shape index (κ3) is 4.85. The minimum atomic E-state index is 0.0532. The maximum absolute atomic E-state index is 11.5. The fraction of sp³-hybridized carbons (Fsp3) is 0.353. The van der Waals surface area contributed by atoms with Crippen LogP contribution in [0.1, 0.15) is 12.0 Å². The zero-order chi connectivity index (χ0) is 14.9. The van der Waals surface area contributed by atoms with Crippen LogP contribution in [0.2, 0.25) is 0 Å². The number of benzene rings is 2. The van der Waals surface area contributed by atoms with Crippen molar-refractivity contribution >= 4 is 16.7 Å². The average Bonchev–Trinajstić information content (AvgIpc) is 2.52. The van der Waals surface area contributed by atoms with Crippen LogP contribution in [0.3, 0.4) is 0 Å². The Morgan fingerprint density at radius 2 is 1.90 bits per heavy atom. The van der Waals surface area contributed by atoms with Gasteiger partial charge < -0.3 is 15.4 Å². The van der Waals surface area contributed by atoms with Crippen molar-refractivity contribution in [2.75, 3.05) is 26.8 Å². The molecule has 0 aliphatic heterocycles. The van der Waals surface area contributed by atoms with Crippen molar-refractivity contribution in [1.82, 2.24) is 10.6 Å². The molecule has 2 aromatic rings. The molecule has 2 aromatic carbocycles. The lowest BCUT2D eigenvalue weighted by Gasteiger charge is -2.08. The molecule has 0 spiro atoms. The first-order valence-corrected chi connectivity index (χ1v) is 7.24. The van der Waals surface area contributed by atoms with Crippen molar-refractivity contribution in [3.05, 3.63) is 48.0 Å². The number of hydrogen-bond donors (Lipinski definition) is 2. The summed E-state index contributed by atoms with van der Waals surface area (Å²) in [5.41, 5.74) is 1.26. The van der Waals surface area contributed by atoms with Gasteiger partial charge in [0.2, 0.25) is 5.91 Å². The summed E-state index contributed by atoms with van der Waals surface area (Å²) in [5.74, 6) is 0.0532. The first-order valence-electron chi connectivity index (χ1n) is 7.24. The maximum atomic E-state index is 11.5. The fourth-order valence-corrected chi connectivity index (χ4v) is 2.25. The van der Waals surface area contributed by atoms with Gasteiger partial charge >= 0.3 is 0 Å². The highest BCUT2D eigenvalue weighted by Gasteiger charge is 2.02. The Labute approximate surface area is 125 Å². The predicted octanol–water partition coefficient (Wildman–Crippen LogP) is 2.08. The topological polar surface area (TPSA) is 50.4 Å². The number of carbonyl (C=O) groups excluding carboxylic acids is 1. The van der Waals surface area contributed by atoms with Crippen LogP contribution < -0.4 is 10.6 Å². The first kappa shape index (κ1) is 15.5. The van der Waals surface area contributed by atoms with E-state index in [4.69, 9.17) is 4.74 Å². The Hall–Kier alpha value is -1.91. The minimum Gasteiger partial charge on any atom is -0.383 e. The summed E-state index contributed by atoms with van der Waals surface area (Å²) in [6.45, 7) is 2.56. The zero-order valence-electron chi connectivity index (χ0n) is 12.4. The van der Waals surface area contributed by atoms with Crippen LogP contribution in [0.5, 0.6) is 0 Å². The van der Waals surface area contributed by atoms with Gasteiger partial charge in [-0.15, -0.1) is 0 Å². The normalized spacial score (nSPS) is 10.7. The van der Waals surface area contributed by atoms with Gasteiger partial charge in [0.15, 0.2) is 0 Å². The molecule has 2 N–H and O–H groups in total. The Balaban J connectivity index is 1.76. The summed E-state index contributed by atoms with van der Waals surface area (Å²) < 4.78 is 4.89. The molecule has 0 aromatic heterocycles. The Kier molecular flexibility index (Phi) is 6.19. The summed E-state index contributed by atoms with van der Waals surface area (Å²) in [7, 11) is 1.62. The Morgan fingerprint density at radius 1 is 1.10 bits per heavy atom. The van der Waals surface area contributed by atoms with Crippen molar-refractivity contribution in [1.29, 1.82) is 0 Å². The molecule has 0 saturated heterocycles. The lowest BCUT2D eigenvalue weighted by atomic mass is 10.0. The highest BCUT2D eigenvalue weighted by Crippen LogP contribution is 2.18. The van der Waals surface area contributed by atoms with Crippen molar-refractivity contribution < 1.29 is 9.53 Å². The quantitative estimate of drug-likeness (QED) is 0.731. The van der Waals surface area contributed by atoms with Crippen LogP contribution in [-0.4, -0.2) is 32.7 Å². The van der Waals surface area contributed by atoms with Gasteiger partial charge in [0, 0.05) is 33.2 Å². The number of rotatable bonds is 8. The predicted molar refractivity (Wildman–Crippen MR) is 85.2 cm³/mol. The molecule has 0 fully saturated rings. The average molecular weight is 286 g/mol. The lowest BCUT2D eigenvalue weighted by molar-refractivity contribution is -0.121. The van der Waals surface area contributed by atoms with E-state index in [1.165, 1.54) is 16.3 Å². The van der Waals surface area contributed by atoms with E-state index in [9.17, 15) is 4.79 Å². The highest BCUT2D eigenvalue weighted by atomic mass is 16.5. The SMILES string of the molecule is COCCNC(=O)CCNCc1cccc2ccccc12. The summed E-state index contributed by atoms with van der Waals surface area (Å²) >= 11 is 0. The molecule has 0 atom stereocenters. The molecule has 0 heterocycles. The van der Waals surface area contributed by atoms with Crippen LogP contribution >= 0.6 is 0 Å².